The number of carbonyl (C=O) groups is 2. The van der Waals surface area contributed by atoms with Gasteiger partial charge in [-0.1, -0.05) is 6.42 Å². The molecule has 6 nitrogen and oxygen atoms in total. The fraction of sp³-hybridized carbons (Fsp3) is 0.750. The maximum Gasteiger partial charge on any atom is 0.224 e. The first-order chi connectivity index (χ1) is 12.4. The van der Waals surface area contributed by atoms with Crippen molar-refractivity contribution in [1.29, 1.82) is 0 Å². The van der Waals surface area contributed by atoms with E-state index in [1.807, 2.05) is 18.7 Å². The molecule has 1 aromatic rings. The Balaban J connectivity index is 1.64. The third kappa shape index (κ3) is 3.43. The van der Waals surface area contributed by atoms with Gasteiger partial charge in [0.05, 0.1) is 17.4 Å². The second kappa shape index (κ2) is 7.51. The minimum atomic E-state index is 0.0300. The van der Waals surface area contributed by atoms with Gasteiger partial charge < -0.3 is 9.64 Å². The van der Waals surface area contributed by atoms with E-state index in [0.717, 1.165) is 50.2 Å². The molecular weight excluding hydrogens is 330 g/mol. The van der Waals surface area contributed by atoms with E-state index in [1.54, 1.807) is 18.7 Å². The van der Waals surface area contributed by atoms with E-state index in [0.29, 0.717) is 18.5 Å². The predicted octanol–water partition coefficient (Wildman–Crippen LogP) is 2.90. The van der Waals surface area contributed by atoms with Crippen molar-refractivity contribution in [1.82, 2.24) is 14.7 Å². The number of carbonyl (C=O) groups excluding carboxylic acids is 2. The molecular formula is C20H31N3O3. The monoisotopic (exact) mass is 361 g/mol. The van der Waals surface area contributed by atoms with E-state index in [-0.39, 0.29) is 23.2 Å². The van der Waals surface area contributed by atoms with Crippen molar-refractivity contribution in [2.24, 2.45) is 5.41 Å². The molecule has 1 spiro atoms. The summed E-state index contributed by atoms with van der Waals surface area (Å²) in [5.41, 5.74) is 2.44. The molecule has 0 N–H and O–H groups in total. The van der Waals surface area contributed by atoms with Gasteiger partial charge in [0, 0.05) is 44.3 Å². The number of piperidine rings is 1. The fourth-order valence-corrected chi connectivity index (χ4v) is 5.10. The van der Waals surface area contributed by atoms with Crippen LogP contribution >= 0.6 is 0 Å². The molecule has 2 fully saturated rings. The summed E-state index contributed by atoms with van der Waals surface area (Å²) < 4.78 is 7.53. The van der Waals surface area contributed by atoms with Gasteiger partial charge in [0.25, 0.3) is 0 Å². The second-order valence-electron chi connectivity index (χ2n) is 7.97. The number of nitrogens with zero attached hydrogens (tertiary/aromatic N) is 3. The van der Waals surface area contributed by atoms with Crippen molar-refractivity contribution < 1.29 is 14.3 Å². The van der Waals surface area contributed by atoms with Crippen LogP contribution in [-0.4, -0.2) is 52.7 Å². The summed E-state index contributed by atoms with van der Waals surface area (Å²) in [6.45, 7) is 7.50. The zero-order valence-corrected chi connectivity index (χ0v) is 16.5. The van der Waals surface area contributed by atoms with Gasteiger partial charge in [-0.3, -0.25) is 14.3 Å². The number of hydrogen-bond donors (Lipinski definition) is 0. The minimum absolute atomic E-state index is 0.0300. The summed E-state index contributed by atoms with van der Waals surface area (Å²) >= 11 is 0. The second-order valence-corrected chi connectivity index (χ2v) is 7.97. The molecule has 1 saturated carbocycles. The van der Waals surface area contributed by atoms with Gasteiger partial charge in [-0.05, 0) is 46.5 Å². The standard InChI is InChI=1S/C20H31N3O3/c1-14-19(16(3)24)15(2)23(21-14)12-8-18(25)22-11-6-10-20(13-22)9-5-7-17(20)26-4/h17H,5-13H2,1-4H3/t17-,20+/m1/s1. The highest BCUT2D eigenvalue weighted by atomic mass is 16.5. The van der Waals surface area contributed by atoms with Gasteiger partial charge in [0.1, 0.15) is 0 Å². The summed E-state index contributed by atoms with van der Waals surface area (Å²) in [5, 5.41) is 4.45. The Morgan fingerprint density at radius 1 is 1.27 bits per heavy atom. The average molecular weight is 361 g/mol. The van der Waals surface area contributed by atoms with Crippen molar-refractivity contribution in [3.8, 4) is 0 Å². The van der Waals surface area contributed by atoms with E-state index in [4.69, 9.17) is 4.74 Å². The number of ketones is 1. The number of hydrogen-bond acceptors (Lipinski definition) is 4. The van der Waals surface area contributed by atoms with Crippen LogP contribution < -0.4 is 0 Å². The van der Waals surface area contributed by atoms with Crippen molar-refractivity contribution in [2.45, 2.75) is 71.9 Å². The zero-order chi connectivity index (χ0) is 18.9. The smallest absolute Gasteiger partial charge is 0.224 e. The number of Topliss-reactive ketones (excluding diaryl/α,β-unsaturated/α-hetero) is 1. The summed E-state index contributed by atoms with van der Waals surface area (Å²) in [7, 11) is 1.80. The van der Waals surface area contributed by atoms with Crippen molar-refractivity contribution in [3.63, 3.8) is 0 Å². The number of amides is 1. The van der Waals surface area contributed by atoms with Gasteiger partial charge in [-0.15, -0.1) is 0 Å². The van der Waals surface area contributed by atoms with E-state index >= 15 is 0 Å². The minimum Gasteiger partial charge on any atom is -0.381 e. The summed E-state index contributed by atoms with van der Waals surface area (Å²) in [6.07, 6.45) is 6.39. The Morgan fingerprint density at radius 3 is 2.65 bits per heavy atom. The molecule has 0 aromatic carbocycles. The molecule has 0 bridgehead atoms. The lowest BCUT2D eigenvalue weighted by Gasteiger charge is -2.43. The van der Waals surface area contributed by atoms with Gasteiger partial charge in [0.2, 0.25) is 5.91 Å². The first kappa shape index (κ1) is 19.1. The van der Waals surface area contributed by atoms with Crippen molar-refractivity contribution >= 4 is 11.7 Å². The molecule has 1 aromatic heterocycles. The van der Waals surface area contributed by atoms with Gasteiger partial charge in [0.15, 0.2) is 5.78 Å². The van der Waals surface area contributed by atoms with Crippen LogP contribution in [-0.2, 0) is 16.1 Å². The predicted molar refractivity (Wildman–Crippen MR) is 99.2 cm³/mol. The Kier molecular flexibility index (Phi) is 5.51. The van der Waals surface area contributed by atoms with Crippen LogP contribution in [0.2, 0.25) is 0 Å². The first-order valence-corrected chi connectivity index (χ1v) is 9.73. The van der Waals surface area contributed by atoms with E-state index < -0.39 is 0 Å². The van der Waals surface area contributed by atoms with Crippen molar-refractivity contribution in [2.75, 3.05) is 20.2 Å². The van der Waals surface area contributed by atoms with Crippen LogP contribution in [0.5, 0.6) is 0 Å². The number of methoxy groups -OCH3 is 1. The SMILES string of the molecule is CO[C@@H]1CCC[C@@]12CCCN(C(=O)CCn1nc(C)c(C(C)=O)c1C)C2. The third-order valence-corrected chi connectivity index (χ3v) is 6.34. The molecule has 2 atom stereocenters. The van der Waals surface area contributed by atoms with Crippen LogP contribution in [0.3, 0.4) is 0 Å². The number of aryl methyl sites for hydroxylation is 2. The first-order valence-electron chi connectivity index (χ1n) is 9.73. The third-order valence-electron chi connectivity index (χ3n) is 6.34. The molecule has 1 saturated heterocycles. The lowest BCUT2D eigenvalue weighted by atomic mass is 9.76. The zero-order valence-electron chi connectivity index (χ0n) is 16.5. The Morgan fingerprint density at radius 2 is 2.00 bits per heavy atom. The highest BCUT2D eigenvalue weighted by molar-refractivity contribution is 5.96. The normalized spacial score (nSPS) is 25.8. The molecule has 2 aliphatic rings. The molecule has 2 heterocycles. The van der Waals surface area contributed by atoms with Crippen molar-refractivity contribution in [3.05, 3.63) is 17.0 Å². The van der Waals surface area contributed by atoms with Crippen LogP contribution in [0.4, 0.5) is 0 Å². The Labute approximate surface area is 155 Å². The van der Waals surface area contributed by atoms with Crippen LogP contribution in [0.25, 0.3) is 0 Å². The molecule has 144 valence electrons. The highest BCUT2D eigenvalue weighted by Gasteiger charge is 2.46. The average Bonchev–Trinajstić information content (AvgIpc) is 3.12. The van der Waals surface area contributed by atoms with E-state index in [9.17, 15) is 9.59 Å². The molecule has 0 radical (unpaired) electrons. The molecule has 0 unspecified atom stereocenters. The van der Waals surface area contributed by atoms with Crippen LogP contribution in [0.1, 0.15) is 67.2 Å². The largest absolute Gasteiger partial charge is 0.381 e. The molecule has 3 rings (SSSR count). The topological polar surface area (TPSA) is 64.4 Å². The van der Waals surface area contributed by atoms with Gasteiger partial charge in [-0.25, -0.2) is 0 Å². The van der Waals surface area contributed by atoms with Crippen LogP contribution in [0.15, 0.2) is 0 Å². The number of likely N-dealkylation sites (tertiary alicyclic amines) is 1. The summed E-state index contributed by atoms with van der Waals surface area (Å²) in [5.74, 6) is 0.213. The van der Waals surface area contributed by atoms with E-state index in [2.05, 4.69) is 5.10 Å². The Hall–Kier alpha value is -1.69. The molecule has 26 heavy (non-hydrogen) atoms. The van der Waals surface area contributed by atoms with Crippen LogP contribution in [0, 0.1) is 19.3 Å². The maximum absolute atomic E-state index is 12.8. The fourth-order valence-electron chi connectivity index (χ4n) is 5.10. The maximum atomic E-state index is 12.8. The lowest BCUT2D eigenvalue weighted by molar-refractivity contribution is -0.137. The highest BCUT2D eigenvalue weighted by Crippen LogP contribution is 2.46. The Bertz CT molecular complexity index is 697. The number of ether oxygens (including phenoxy) is 1. The molecule has 1 aliphatic heterocycles. The quantitative estimate of drug-likeness (QED) is 0.757. The van der Waals surface area contributed by atoms with E-state index in [1.165, 1.54) is 6.42 Å². The van der Waals surface area contributed by atoms with Gasteiger partial charge >= 0.3 is 0 Å². The number of aromatic nitrogens is 2. The molecule has 1 aliphatic carbocycles. The summed E-state index contributed by atoms with van der Waals surface area (Å²) in [4.78, 5) is 26.6. The van der Waals surface area contributed by atoms with Gasteiger partial charge in [-0.2, -0.15) is 5.10 Å². The summed E-state index contributed by atoms with van der Waals surface area (Å²) in [6, 6.07) is 0. The molecule has 6 heteroatoms. The number of rotatable bonds is 5. The molecule has 1 amide bonds. The lowest BCUT2D eigenvalue weighted by Crippen LogP contribution is -2.50.